The van der Waals surface area contributed by atoms with Gasteiger partial charge in [0, 0.05) is 11.6 Å². The van der Waals surface area contributed by atoms with Crippen molar-refractivity contribution in [3.63, 3.8) is 0 Å². The van der Waals surface area contributed by atoms with Gasteiger partial charge in [0.15, 0.2) is 0 Å². The van der Waals surface area contributed by atoms with Crippen molar-refractivity contribution in [2.24, 2.45) is 0 Å². The maximum absolute atomic E-state index is 10.8. The van der Waals surface area contributed by atoms with Crippen LogP contribution in [0.2, 0.25) is 0 Å². The molecule has 0 aromatic heterocycles. The van der Waals surface area contributed by atoms with Crippen LogP contribution in [0.25, 0.3) is 0 Å². The van der Waals surface area contributed by atoms with E-state index >= 15 is 0 Å². The Kier molecular flexibility index (Phi) is 4.73. The number of ether oxygens (including phenoxy) is 1. The third-order valence-electron chi connectivity index (χ3n) is 2.25. The number of rotatable bonds is 7. The van der Waals surface area contributed by atoms with Crippen LogP contribution in [-0.4, -0.2) is 22.9 Å². The summed E-state index contributed by atoms with van der Waals surface area (Å²) in [5, 5.41) is 21.3. The minimum atomic E-state index is -0.688. The van der Waals surface area contributed by atoms with Crippen molar-refractivity contribution < 1.29 is 19.4 Å². The Morgan fingerprint density at radius 1 is 1.22 bits per heavy atom. The molecule has 8 heteroatoms. The zero-order chi connectivity index (χ0) is 13.5. The number of hydrogen-bond acceptors (Lipinski definition) is 6. The van der Waals surface area contributed by atoms with Crippen LogP contribution in [0.15, 0.2) is 18.2 Å². The van der Waals surface area contributed by atoms with Crippen LogP contribution in [-0.2, 0) is 16.0 Å². The highest BCUT2D eigenvalue weighted by molar-refractivity contribution is 5.49. The van der Waals surface area contributed by atoms with Gasteiger partial charge in [-0.1, -0.05) is 0 Å². The van der Waals surface area contributed by atoms with Crippen LogP contribution in [0.5, 0.6) is 0 Å². The van der Waals surface area contributed by atoms with Crippen molar-refractivity contribution in [1.29, 1.82) is 0 Å². The second kappa shape index (κ2) is 6.28. The summed E-state index contributed by atoms with van der Waals surface area (Å²) in [7, 11) is 0. The number of carbonyl (C=O) groups excluding carboxylic acids is 1. The summed E-state index contributed by atoms with van der Waals surface area (Å²) in [4.78, 5) is 29.8. The van der Waals surface area contributed by atoms with Gasteiger partial charge >= 0.3 is 0 Å². The second-order valence-electron chi connectivity index (χ2n) is 3.40. The Labute approximate surface area is 101 Å². The molecule has 1 aromatic carbocycles. The van der Waals surface area contributed by atoms with E-state index in [-0.39, 0.29) is 18.0 Å². The lowest BCUT2D eigenvalue weighted by molar-refractivity contribution is -0.394. The highest BCUT2D eigenvalue weighted by atomic mass is 16.6. The van der Waals surface area contributed by atoms with Crippen LogP contribution in [0.4, 0.5) is 11.4 Å². The number of nitrogens with zero attached hydrogens (tertiary/aromatic N) is 2. The number of carbonyl (C=O) groups is 1. The number of nitro benzene ring substituents is 2. The van der Waals surface area contributed by atoms with E-state index in [9.17, 15) is 25.0 Å². The van der Waals surface area contributed by atoms with E-state index in [0.717, 1.165) is 6.07 Å². The molecule has 0 saturated carbocycles. The molecule has 0 unspecified atom stereocenters. The van der Waals surface area contributed by atoms with E-state index in [1.54, 1.807) is 0 Å². The summed E-state index contributed by atoms with van der Waals surface area (Å²) >= 11 is 0. The molecule has 0 bridgehead atoms. The Morgan fingerprint density at radius 3 is 2.50 bits per heavy atom. The molecule has 0 saturated heterocycles. The first kappa shape index (κ1) is 13.6. The third kappa shape index (κ3) is 3.51. The Morgan fingerprint density at radius 2 is 1.94 bits per heavy atom. The standard InChI is InChI=1S/C10H10N2O6/c13-7-18-5-1-2-8-3-4-9(11(14)15)6-10(8)12(16)17/h3-4,6-7H,1-2,5H2. The molecule has 0 aliphatic carbocycles. The van der Waals surface area contributed by atoms with Crippen molar-refractivity contribution in [1.82, 2.24) is 0 Å². The fraction of sp³-hybridized carbons (Fsp3) is 0.300. The van der Waals surface area contributed by atoms with Crippen LogP contribution in [0.3, 0.4) is 0 Å². The first-order valence-corrected chi connectivity index (χ1v) is 5.03. The molecule has 18 heavy (non-hydrogen) atoms. The van der Waals surface area contributed by atoms with Crippen molar-refractivity contribution in [2.45, 2.75) is 12.8 Å². The molecule has 0 amide bonds. The lowest BCUT2D eigenvalue weighted by atomic mass is 10.1. The SMILES string of the molecule is O=COCCCc1ccc([N+](=O)[O-])cc1[N+](=O)[O-]. The van der Waals surface area contributed by atoms with E-state index in [4.69, 9.17) is 0 Å². The Bertz CT molecular complexity index is 473. The van der Waals surface area contributed by atoms with Crippen molar-refractivity contribution in [3.05, 3.63) is 44.0 Å². The molecular weight excluding hydrogens is 244 g/mol. The zero-order valence-corrected chi connectivity index (χ0v) is 9.27. The molecule has 8 nitrogen and oxygen atoms in total. The number of hydrogen-bond donors (Lipinski definition) is 0. The highest BCUT2D eigenvalue weighted by Gasteiger charge is 2.18. The maximum Gasteiger partial charge on any atom is 0.293 e. The summed E-state index contributed by atoms with van der Waals surface area (Å²) in [5.41, 5.74) is -0.245. The average molecular weight is 254 g/mol. The van der Waals surface area contributed by atoms with E-state index < -0.39 is 9.85 Å². The number of aryl methyl sites for hydroxylation is 1. The molecule has 0 atom stereocenters. The molecule has 0 aliphatic heterocycles. The first-order chi connectivity index (χ1) is 8.56. The van der Waals surface area contributed by atoms with Gasteiger partial charge in [-0.25, -0.2) is 0 Å². The van der Waals surface area contributed by atoms with Crippen molar-refractivity contribution >= 4 is 17.8 Å². The summed E-state index contributed by atoms with van der Waals surface area (Å²) in [6.45, 7) is 0.446. The van der Waals surface area contributed by atoms with Gasteiger partial charge in [0.2, 0.25) is 0 Å². The van der Waals surface area contributed by atoms with Gasteiger partial charge in [-0.2, -0.15) is 0 Å². The summed E-state index contributed by atoms with van der Waals surface area (Å²) < 4.78 is 4.46. The highest BCUT2D eigenvalue weighted by Crippen LogP contribution is 2.25. The lowest BCUT2D eigenvalue weighted by Crippen LogP contribution is -2.00. The summed E-state index contributed by atoms with van der Waals surface area (Å²) in [6.07, 6.45) is 0.722. The van der Waals surface area contributed by atoms with Gasteiger partial charge in [-0.15, -0.1) is 0 Å². The van der Waals surface area contributed by atoms with Gasteiger partial charge in [-0.05, 0) is 18.9 Å². The molecule has 0 fully saturated rings. The molecule has 0 spiro atoms. The number of nitro groups is 2. The summed E-state index contributed by atoms with van der Waals surface area (Å²) in [6, 6.07) is 3.48. The van der Waals surface area contributed by atoms with Gasteiger partial charge in [0.1, 0.15) is 0 Å². The van der Waals surface area contributed by atoms with Gasteiger partial charge < -0.3 is 4.74 Å². The summed E-state index contributed by atoms with van der Waals surface area (Å²) in [5.74, 6) is 0. The number of benzene rings is 1. The molecular formula is C10H10N2O6. The van der Waals surface area contributed by atoms with Crippen LogP contribution in [0.1, 0.15) is 12.0 Å². The molecule has 96 valence electrons. The third-order valence-corrected chi connectivity index (χ3v) is 2.25. The minimum Gasteiger partial charge on any atom is -0.468 e. The largest absolute Gasteiger partial charge is 0.468 e. The minimum absolute atomic E-state index is 0.150. The molecule has 1 aromatic rings. The number of non-ortho nitro benzene ring substituents is 1. The molecule has 0 aliphatic rings. The van der Waals surface area contributed by atoms with Crippen molar-refractivity contribution in [3.8, 4) is 0 Å². The lowest BCUT2D eigenvalue weighted by Gasteiger charge is -2.02. The predicted molar refractivity (Wildman–Crippen MR) is 60.1 cm³/mol. The predicted octanol–water partition coefficient (Wildman–Crippen LogP) is 1.61. The van der Waals surface area contributed by atoms with E-state index in [1.165, 1.54) is 12.1 Å². The topological polar surface area (TPSA) is 113 Å². The smallest absolute Gasteiger partial charge is 0.293 e. The Balaban J connectivity index is 2.86. The molecule has 0 N–H and O–H groups in total. The van der Waals surface area contributed by atoms with E-state index in [2.05, 4.69) is 4.74 Å². The molecule has 1 rings (SSSR count). The maximum atomic E-state index is 10.8. The second-order valence-corrected chi connectivity index (χ2v) is 3.40. The van der Waals surface area contributed by atoms with E-state index in [1.807, 2.05) is 0 Å². The Hall–Kier alpha value is -2.51. The molecule has 0 radical (unpaired) electrons. The van der Waals surface area contributed by atoms with Crippen LogP contribution < -0.4 is 0 Å². The fourth-order valence-electron chi connectivity index (χ4n) is 1.44. The van der Waals surface area contributed by atoms with Gasteiger partial charge in [0.05, 0.1) is 22.5 Å². The fourth-order valence-corrected chi connectivity index (χ4v) is 1.44. The van der Waals surface area contributed by atoms with Gasteiger partial charge in [0.25, 0.3) is 17.8 Å². The molecule has 0 heterocycles. The van der Waals surface area contributed by atoms with Crippen molar-refractivity contribution in [2.75, 3.05) is 6.61 Å². The van der Waals surface area contributed by atoms with E-state index in [0.29, 0.717) is 24.9 Å². The monoisotopic (exact) mass is 254 g/mol. The van der Waals surface area contributed by atoms with Gasteiger partial charge in [-0.3, -0.25) is 25.0 Å². The first-order valence-electron chi connectivity index (χ1n) is 5.03. The zero-order valence-electron chi connectivity index (χ0n) is 9.27. The van der Waals surface area contributed by atoms with Crippen LogP contribution >= 0.6 is 0 Å². The quantitative estimate of drug-likeness (QED) is 0.316. The van der Waals surface area contributed by atoms with Crippen LogP contribution in [0, 0.1) is 20.2 Å². The normalized spacial score (nSPS) is 9.78. The average Bonchev–Trinajstić information content (AvgIpc) is 2.34.